The molecule has 6 nitrogen and oxygen atoms in total. The van der Waals surface area contributed by atoms with Crippen LogP contribution in [0.25, 0.3) is 0 Å². The summed E-state index contributed by atoms with van der Waals surface area (Å²) in [5, 5.41) is 0.585. The minimum atomic E-state index is -3.05. The Kier molecular flexibility index (Phi) is 6.39. The summed E-state index contributed by atoms with van der Waals surface area (Å²) in [5.41, 5.74) is 3.20. The molecular weight excluding hydrogens is 432 g/mol. The highest BCUT2D eigenvalue weighted by atomic mass is 32.2. The highest BCUT2D eigenvalue weighted by molar-refractivity contribution is 8.15. The first-order valence-electron chi connectivity index (χ1n) is 10.3. The monoisotopic (exact) mass is 458 g/mol. The van der Waals surface area contributed by atoms with Gasteiger partial charge in [0.25, 0.3) is 5.91 Å². The Labute approximate surface area is 187 Å². The van der Waals surface area contributed by atoms with E-state index in [0.717, 1.165) is 28.9 Å². The number of nitrogens with zero attached hydrogens (tertiary/aromatic N) is 2. The SMILES string of the molecule is COc1ccc(CCN2C(=NC(=O)Cc3ccc(C)cc3)S[C@H]3CS(=O)(=O)C[C@@H]32)cc1. The van der Waals surface area contributed by atoms with Crippen molar-refractivity contribution in [1.82, 2.24) is 4.90 Å². The summed E-state index contributed by atoms with van der Waals surface area (Å²) in [4.78, 5) is 19.1. The number of amides is 1. The highest BCUT2D eigenvalue weighted by Gasteiger charge is 2.48. The van der Waals surface area contributed by atoms with Crippen molar-refractivity contribution in [2.75, 3.05) is 25.2 Å². The zero-order valence-corrected chi connectivity index (χ0v) is 19.3. The van der Waals surface area contributed by atoms with Gasteiger partial charge in [0, 0.05) is 11.8 Å². The van der Waals surface area contributed by atoms with Crippen LogP contribution in [0, 0.1) is 6.92 Å². The number of ether oxygens (including phenoxy) is 1. The molecular formula is C23H26N2O4S2. The van der Waals surface area contributed by atoms with Gasteiger partial charge in [0.15, 0.2) is 15.0 Å². The summed E-state index contributed by atoms with van der Waals surface area (Å²) in [5.74, 6) is 0.861. The van der Waals surface area contributed by atoms with Crippen molar-refractivity contribution >= 4 is 32.7 Å². The van der Waals surface area contributed by atoms with E-state index in [9.17, 15) is 13.2 Å². The molecule has 2 heterocycles. The van der Waals surface area contributed by atoms with Crippen LogP contribution in [0.1, 0.15) is 16.7 Å². The molecule has 31 heavy (non-hydrogen) atoms. The number of rotatable bonds is 6. The minimum absolute atomic E-state index is 0.0632. The number of aryl methyl sites for hydroxylation is 1. The summed E-state index contributed by atoms with van der Waals surface area (Å²) in [6.07, 6.45) is 0.975. The number of benzene rings is 2. The molecule has 0 bridgehead atoms. The Balaban J connectivity index is 1.49. The van der Waals surface area contributed by atoms with Crippen LogP contribution in [0.4, 0.5) is 0 Å². The smallest absolute Gasteiger partial charge is 0.252 e. The maximum Gasteiger partial charge on any atom is 0.252 e. The van der Waals surface area contributed by atoms with Gasteiger partial charge in [0.1, 0.15) is 5.75 Å². The van der Waals surface area contributed by atoms with Crippen molar-refractivity contribution in [3.63, 3.8) is 0 Å². The largest absolute Gasteiger partial charge is 0.497 e. The molecule has 8 heteroatoms. The van der Waals surface area contributed by atoms with Gasteiger partial charge in [-0.25, -0.2) is 8.42 Å². The number of fused-ring (bicyclic) bond motifs is 1. The van der Waals surface area contributed by atoms with Gasteiger partial charge in [-0.05, 0) is 36.6 Å². The fraction of sp³-hybridized carbons (Fsp3) is 0.391. The zero-order chi connectivity index (χ0) is 22.0. The second kappa shape index (κ2) is 9.04. The number of carbonyl (C=O) groups is 1. The van der Waals surface area contributed by atoms with Gasteiger partial charge in [0.2, 0.25) is 0 Å². The van der Waals surface area contributed by atoms with Gasteiger partial charge in [-0.1, -0.05) is 53.7 Å². The normalized spacial score (nSPS) is 23.2. The van der Waals surface area contributed by atoms with Gasteiger partial charge >= 0.3 is 0 Å². The standard InChI is InChI=1S/C23H26N2O4S2/c1-16-3-5-18(6-4-16)13-22(26)24-23-25(20-14-31(27,28)15-21(20)30-23)12-11-17-7-9-19(29-2)10-8-17/h3-10,20-21H,11-15H2,1-2H3/t20-,21-/m0/s1. The average molecular weight is 459 g/mol. The molecule has 4 rings (SSSR count). The highest BCUT2D eigenvalue weighted by Crippen LogP contribution is 2.38. The Morgan fingerprint density at radius 1 is 1.10 bits per heavy atom. The van der Waals surface area contributed by atoms with E-state index in [4.69, 9.17) is 4.74 Å². The summed E-state index contributed by atoms with van der Waals surface area (Å²) >= 11 is 1.43. The van der Waals surface area contributed by atoms with E-state index >= 15 is 0 Å². The topological polar surface area (TPSA) is 76.0 Å². The molecule has 2 saturated heterocycles. The molecule has 0 saturated carbocycles. The molecule has 2 atom stereocenters. The Hall–Kier alpha value is -2.32. The third-order valence-corrected chi connectivity index (χ3v) is 8.92. The fourth-order valence-corrected chi connectivity index (χ4v) is 7.96. The van der Waals surface area contributed by atoms with Gasteiger partial charge in [-0.15, -0.1) is 0 Å². The van der Waals surface area contributed by atoms with E-state index in [1.54, 1.807) is 7.11 Å². The van der Waals surface area contributed by atoms with Gasteiger partial charge in [-0.3, -0.25) is 4.79 Å². The van der Waals surface area contributed by atoms with E-state index in [1.807, 2.05) is 60.4 Å². The van der Waals surface area contributed by atoms with E-state index in [1.165, 1.54) is 11.8 Å². The number of aliphatic imine (C=N–C) groups is 1. The number of amidine groups is 1. The van der Waals surface area contributed by atoms with Crippen molar-refractivity contribution in [3.05, 3.63) is 65.2 Å². The van der Waals surface area contributed by atoms with Crippen molar-refractivity contribution in [1.29, 1.82) is 0 Å². The maximum atomic E-state index is 12.6. The van der Waals surface area contributed by atoms with Crippen LogP contribution in [0.5, 0.6) is 5.75 Å². The number of hydrogen-bond donors (Lipinski definition) is 0. The van der Waals surface area contributed by atoms with E-state index < -0.39 is 9.84 Å². The Bertz CT molecular complexity index is 1080. The number of hydrogen-bond acceptors (Lipinski definition) is 5. The fourth-order valence-electron chi connectivity index (χ4n) is 3.97. The van der Waals surface area contributed by atoms with Crippen molar-refractivity contribution in [2.45, 2.75) is 31.1 Å². The lowest BCUT2D eigenvalue weighted by molar-refractivity contribution is -0.117. The predicted octanol–water partition coefficient (Wildman–Crippen LogP) is 2.89. The van der Waals surface area contributed by atoms with E-state index in [-0.39, 0.29) is 35.1 Å². The first-order chi connectivity index (χ1) is 14.8. The predicted molar refractivity (Wildman–Crippen MR) is 125 cm³/mol. The van der Waals surface area contributed by atoms with Crippen LogP contribution in [0.3, 0.4) is 0 Å². The summed E-state index contributed by atoms with van der Waals surface area (Å²) < 4.78 is 29.5. The number of methoxy groups -OCH3 is 1. The van der Waals surface area contributed by atoms with Crippen LogP contribution in [0.15, 0.2) is 53.5 Å². The lowest BCUT2D eigenvalue weighted by Crippen LogP contribution is -2.39. The third kappa shape index (κ3) is 5.30. The Morgan fingerprint density at radius 2 is 1.77 bits per heavy atom. The van der Waals surface area contributed by atoms with Crippen LogP contribution >= 0.6 is 11.8 Å². The molecule has 2 aliphatic rings. The number of sulfone groups is 1. The summed E-state index contributed by atoms with van der Waals surface area (Å²) in [7, 11) is -1.42. The zero-order valence-electron chi connectivity index (χ0n) is 17.7. The first-order valence-corrected chi connectivity index (χ1v) is 13.0. The minimum Gasteiger partial charge on any atom is -0.497 e. The van der Waals surface area contributed by atoms with Crippen LogP contribution < -0.4 is 4.74 Å². The first kappa shape index (κ1) is 21.9. The molecule has 0 aromatic heterocycles. The lowest BCUT2D eigenvalue weighted by Gasteiger charge is -2.24. The van der Waals surface area contributed by atoms with Gasteiger partial charge in [0.05, 0.1) is 31.1 Å². The molecule has 0 spiro atoms. The average Bonchev–Trinajstić information content (AvgIpc) is 3.19. The van der Waals surface area contributed by atoms with Crippen molar-refractivity contribution < 1.29 is 17.9 Å². The number of thioether (sulfide) groups is 1. The third-order valence-electron chi connectivity index (χ3n) is 5.67. The second-order valence-corrected chi connectivity index (χ2v) is 11.4. The van der Waals surface area contributed by atoms with Crippen molar-refractivity contribution in [3.8, 4) is 5.75 Å². The number of carbonyl (C=O) groups excluding carboxylic acids is 1. The van der Waals surface area contributed by atoms with Crippen LogP contribution in [0.2, 0.25) is 0 Å². The molecule has 2 aromatic carbocycles. The quantitative estimate of drug-likeness (QED) is 0.663. The summed E-state index contributed by atoms with van der Waals surface area (Å²) in [6.45, 7) is 2.63. The van der Waals surface area contributed by atoms with E-state index in [0.29, 0.717) is 11.7 Å². The summed E-state index contributed by atoms with van der Waals surface area (Å²) in [6, 6.07) is 15.6. The molecule has 1 amide bonds. The van der Waals surface area contributed by atoms with Gasteiger partial charge in [-0.2, -0.15) is 4.99 Å². The molecule has 2 fully saturated rings. The molecule has 2 aliphatic heterocycles. The molecule has 0 N–H and O–H groups in total. The molecule has 0 aliphatic carbocycles. The maximum absolute atomic E-state index is 12.6. The van der Waals surface area contributed by atoms with Crippen LogP contribution in [-0.2, 0) is 27.5 Å². The second-order valence-electron chi connectivity index (χ2n) is 8.04. The Morgan fingerprint density at radius 3 is 2.45 bits per heavy atom. The molecule has 0 unspecified atom stereocenters. The lowest BCUT2D eigenvalue weighted by atomic mass is 10.1. The molecule has 0 radical (unpaired) electrons. The van der Waals surface area contributed by atoms with Crippen molar-refractivity contribution in [2.24, 2.45) is 4.99 Å². The van der Waals surface area contributed by atoms with E-state index in [2.05, 4.69) is 4.99 Å². The van der Waals surface area contributed by atoms with Gasteiger partial charge < -0.3 is 9.64 Å². The molecule has 2 aromatic rings. The van der Waals surface area contributed by atoms with Crippen LogP contribution in [-0.4, -0.2) is 60.8 Å². The molecule has 164 valence electrons.